The Hall–Kier alpha value is -2.00. The summed E-state index contributed by atoms with van der Waals surface area (Å²) in [6.07, 6.45) is 13.1. The van der Waals surface area contributed by atoms with Gasteiger partial charge in [-0.3, -0.25) is 4.99 Å². The molecule has 3 rings (SSSR count). The predicted molar refractivity (Wildman–Crippen MR) is 75.5 cm³/mol. The van der Waals surface area contributed by atoms with Gasteiger partial charge in [0.05, 0.1) is 15.7 Å². The van der Waals surface area contributed by atoms with Crippen molar-refractivity contribution in [1.82, 2.24) is 4.98 Å². The Morgan fingerprint density at radius 3 is 2.65 bits per heavy atom. The van der Waals surface area contributed by atoms with E-state index in [0.29, 0.717) is 0 Å². The number of thiazole rings is 1. The Bertz CT molecular complexity index is 490. The second-order valence-electron chi connectivity index (χ2n) is 3.23. The zero-order valence-electron chi connectivity index (χ0n) is 9.23. The highest BCUT2D eigenvalue weighted by atomic mass is 32.1. The van der Waals surface area contributed by atoms with Crippen molar-refractivity contribution in [3.63, 3.8) is 0 Å². The summed E-state index contributed by atoms with van der Waals surface area (Å²) in [4.78, 5) is 8.02. The van der Waals surface area contributed by atoms with Crippen molar-refractivity contribution < 1.29 is 0 Å². The SMILES string of the molecule is C1=CC=N/C=C\C=C1.c1ccc2scnc2c1. The maximum atomic E-state index is 4.14. The molecule has 1 aromatic carbocycles. The van der Waals surface area contributed by atoms with Gasteiger partial charge in [-0.1, -0.05) is 30.4 Å². The largest absolute Gasteiger partial charge is 0.265 e. The van der Waals surface area contributed by atoms with Crippen LogP contribution in [0.4, 0.5) is 0 Å². The molecular formula is C14H12N2S. The van der Waals surface area contributed by atoms with Crippen LogP contribution in [0.15, 0.2) is 71.3 Å². The molecule has 84 valence electrons. The van der Waals surface area contributed by atoms with Crippen LogP contribution < -0.4 is 0 Å². The number of hydrogen-bond donors (Lipinski definition) is 0. The first-order valence-electron chi connectivity index (χ1n) is 5.27. The Labute approximate surface area is 104 Å². The summed E-state index contributed by atoms with van der Waals surface area (Å²) < 4.78 is 1.26. The summed E-state index contributed by atoms with van der Waals surface area (Å²) in [6, 6.07) is 8.13. The number of aliphatic imine (C=N–C) groups is 1. The molecule has 3 heteroatoms. The van der Waals surface area contributed by atoms with Gasteiger partial charge in [0, 0.05) is 12.4 Å². The minimum Gasteiger partial charge on any atom is -0.265 e. The number of aromatic nitrogens is 1. The minimum atomic E-state index is 1.10. The Kier molecular flexibility index (Phi) is 4.43. The fraction of sp³-hybridized carbons (Fsp3) is 0. The van der Waals surface area contributed by atoms with Crippen molar-refractivity contribution >= 4 is 27.8 Å². The van der Waals surface area contributed by atoms with Crippen LogP contribution in [0.1, 0.15) is 0 Å². The van der Waals surface area contributed by atoms with Gasteiger partial charge in [-0.15, -0.1) is 11.3 Å². The molecule has 0 aliphatic carbocycles. The molecule has 0 atom stereocenters. The molecule has 1 aromatic heterocycles. The smallest absolute Gasteiger partial charge is 0.0812 e. The molecule has 2 nitrogen and oxygen atoms in total. The molecule has 0 unspecified atom stereocenters. The fourth-order valence-electron chi connectivity index (χ4n) is 1.24. The Balaban J connectivity index is 0.000000128. The van der Waals surface area contributed by atoms with E-state index in [4.69, 9.17) is 0 Å². The summed E-state index contributed by atoms with van der Waals surface area (Å²) in [7, 11) is 0. The van der Waals surface area contributed by atoms with E-state index >= 15 is 0 Å². The van der Waals surface area contributed by atoms with Crippen molar-refractivity contribution in [3.05, 3.63) is 66.4 Å². The van der Waals surface area contributed by atoms with E-state index in [2.05, 4.69) is 16.0 Å². The lowest BCUT2D eigenvalue weighted by Crippen LogP contribution is -1.63. The number of fused-ring (bicyclic) bond motifs is 1. The first-order chi connectivity index (χ1) is 8.47. The van der Waals surface area contributed by atoms with Crippen LogP contribution in [-0.4, -0.2) is 11.2 Å². The third-order valence-corrected chi connectivity index (χ3v) is 2.84. The average molecular weight is 240 g/mol. The lowest BCUT2D eigenvalue weighted by molar-refractivity contribution is 1.50. The van der Waals surface area contributed by atoms with Crippen LogP contribution in [0.2, 0.25) is 0 Å². The average Bonchev–Trinajstić information content (AvgIpc) is 2.76. The van der Waals surface area contributed by atoms with Gasteiger partial charge in [0.1, 0.15) is 0 Å². The maximum absolute atomic E-state index is 4.14. The van der Waals surface area contributed by atoms with Crippen LogP contribution in [0.3, 0.4) is 0 Å². The molecule has 2 heterocycles. The predicted octanol–water partition coefficient (Wildman–Crippen LogP) is 3.99. The van der Waals surface area contributed by atoms with Crippen molar-refractivity contribution in [1.29, 1.82) is 0 Å². The molecule has 0 radical (unpaired) electrons. The van der Waals surface area contributed by atoms with E-state index in [9.17, 15) is 0 Å². The zero-order chi connectivity index (χ0) is 11.8. The standard InChI is InChI=1S/C7H5NS.C7H7N/c1-2-4-7-6(3-1)8-5-9-7;1-2-4-6-8-7-5-3-1/h1-5H;1-7H/b;2-1?,3-1?,4-2?,5-3?,6-4-,7-5?,8-6?,8-7?. The summed E-state index contributed by atoms with van der Waals surface area (Å²) in [5, 5.41) is 0. The summed E-state index contributed by atoms with van der Waals surface area (Å²) in [6.45, 7) is 0. The number of hydrogen-bond acceptors (Lipinski definition) is 3. The Morgan fingerprint density at radius 2 is 1.71 bits per heavy atom. The number of benzene rings is 1. The van der Waals surface area contributed by atoms with E-state index in [1.54, 1.807) is 23.8 Å². The summed E-state index contributed by atoms with van der Waals surface area (Å²) in [5.74, 6) is 0. The monoisotopic (exact) mass is 240 g/mol. The van der Waals surface area contributed by atoms with Crippen LogP contribution in [0.25, 0.3) is 10.2 Å². The third-order valence-electron chi connectivity index (χ3n) is 2.03. The van der Waals surface area contributed by atoms with Gasteiger partial charge < -0.3 is 0 Å². The molecule has 0 saturated carbocycles. The second-order valence-corrected chi connectivity index (χ2v) is 4.12. The van der Waals surface area contributed by atoms with Gasteiger partial charge in [-0.2, -0.15) is 0 Å². The second kappa shape index (κ2) is 6.55. The Morgan fingerprint density at radius 1 is 0.882 bits per heavy atom. The maximum Gasteiger partial charge on any atom is 0.0812 e. The molecule has 1 aliphatic heterocycles. The highest BCUT2D eigenvalue weighted by Crippen LogP contribution is 2.15. The molecule has 0 spiro atoms. The highest BCUT2D eigenvalue weighted by molar-refractivity contribution is 7.16. The molecule has 0 bridgehead atoms. The molecule has 1 aliphatic rings. The minimum absolute atomic E-state index is 1.10. The van der Waals surface area contributed by atoms with Gasteiger partial charge in [0.15, 0.2) is 0 Å². The first-order valence-corrected chi connectivity index (χ1v) is 6.15. The fourth-order valence-corrected chi connectivity index (χ4v) is 1.92. The number of nitrogens with zero attached hydrogens (tertiary/aromatic N) is 2. The molecule has 0 amide bonds. The van der Waals surface area contributed by atoms with Crippen LogP contribution >= 0.6 is 11.3 Å². The van der Waals surface area contributed by atoms with Gasteiger partial charge in [0.2, 0.25) is 0 Å². The summed E-state index contributed by atoms with van der Waals surface area (Å²) in [5.41, 5.74) is 2.97. The first kappa shape index (κ1) is 11.5. The van der Waals surface area contributed by atoms with Crippen LogP contribution in [0.5, 0.6) is 0 Å². The van der Waals surface area contributed by atoms with Crippen LogP contribution in [0, 0.1) is 0 Å². The third kappa shape index (κ3) is 3.81. The van der Waals surface area contributed by atoms with E-state index in [1.165, 1.54) is 4.70 Å². The lowest BCUT2D eigenvalue weighted by Gasteiger charge is -1.80. The number of para-hydroxylation sites is 1. The number of rotatable bonds is 0. The van der Waals surface area contributed by atoms with E-state index in [1.807, 2.05) is 54.1 Å². The van der Waals surface area contributed by atoms with Crippen molar-refractivity contribution in [2.45, 2.75) is 0 Å². The highest BCUT2D eigenvalue weighted by Gasteiger charge is 1.89. The molecule has 2 aromatic rings. The van der Waals surface area contributed by atoms with Crippen molar-refractivity contribution in [2.75, 3.05) is 0 Å². The van der Waals surface area contributed by atoms with Crippen molar-refractivity contribution in [3.8, 4) is 0 Å². The quantitative estimate of drug-likeness (QED) is 0.683. The molecular weight excluding hydrogens is 228 g/mol. The summed E-state index contributed by atoms with van der Waals surface area (Å²) >= 11 is 1.68. The molecule has 0 fully saturated rings. The van der Waals surface area contributed by atoms with Gasteiger partial charge in [-0.25, -0.2) is 4.98 Å². The molecule has 0 saturated heterocycles. The lowest BCUT2D eigenvalue weighted by atomic mass is 10.3. The van der Waals surface area contributed by atoms with E-state index in [-0.39, 0.29) is 0 Å². The van der Waals surface area contributed by atoms with Gasteiger partial charge in [-0.05, 0) is 24.3 Å². The van der Waals surface area contributed by atoms with E-state index < -0.39 is 0 Å². The van der Waals surface area contributed by atoms with Gasteiger partial charge >= 0.3 is 0 Å². The molecule has 0 N–H and O–H groups in total. The van der Waals surface area contributed by atoms with Gasteiger partial charge in [0.25, 0.3) is 0 Å². The molecule has 17 heavy (non-hydrogen) atoms. The van der Waals surface area contributed by atoms with Crippen molar-refractivity contribution in [2.24, 2.45) is 4.99 Å². The topological polar surface area (TPSA) is 25.2 Å². The normalized spacial score (nSPS) is 14.8. The zero-order valence-corrected chi connectivity index (χ0v) is 10.0. The van der Waals surface area contributed by atoms with E-state index in [0.717, 1.165) is 5.52 Å². The van der Waals surface area contributed by atoms with Crippen LogP contribution in [-0.2, 0) is 0 Å². The number of allylic oxidation sites excluding steroid dienone is 5.